The Kier molecular flexibility index (Phi) is 8.01. The summed E-state index contributed by atoms with van der Waals surface area (Å²) in [5.41, 5.74) is 0. The highest BCUT2D eigenvalue weighted by Crippen LogP contribution is 2.10. The molecule has 1 saturated heterocycles. The lowest BCUT2D eigenvalue weighted by Crippen LogP contribution is -2.48. The van der Waals surface area contributed by atoms with Gasteiger partial charge in [0.2, 0.25) is 0 Å². The number of piperidine rings is 1. The van der Waals surface area contributed by atoms with Gasteiger partial charge in [0.05, 0.1) is 6.54 Å². The molecule has 2 N–H and O–H groups in total. The molecular formula is C17H33N7. The van der Waals surface area contributed by atoms with Crippen LogP contribution in [0.3, 0.4) is 0 Å². The summed E-state index contributed by atoms with van der Waals surface area (Å²) >= 11 is 0. The van der Waals surface area contributed by atoms with Crippen LogP contribution in [0.1, 0.15) is 45.9 Å². The molecule has 0 aliphatic carbocycles. The van der Waals surface area contributed by atoms with Crippen LogP contribution < -0.4 is 10.6 Å². The molecule has 0 amide bonds. The van der Waals surface area contributed by atoms with Crippen LogP contribution in [0.15, 0.2) is 11.3 Å². The minimum absolute atomic E-state index is 0.525. The van der Waals surface area contributed by atoms with E-state index >= 15 is 0 Å². The Morgan fingerprint density at radius 2 is 2.04 bits per heavy atom. The van der Waals surface area contributed by atoms with Crippen LogP contribution in [0.2, 0.25) is 0 Å². The van der Waals surface area contributed by atoms with Crippen LogP contribution in [0, 0.1) is 0 Å². The summed E-state index contributed by atoms with van der Waals surface area (Å²) in [5, 5.41) is 15.0. The Morgan fingerprint density at radius 3 is 2.71 bits per heavy atom. The molecule has 0 bridgehead atoms. The lowest BCUT2D eigenvalue weighted by Gasteiger charge is -2.32. The number of aliphatic imine (C=N–C) groups is 1. The maximum atomic E-state index is 4.72. The molecule has 0 aromatic carbocycles. The highest BCUT2D eigenvalue weighted by Gasteiger charge is 2.19. The topological polar surface area (TPSA) is 70.4 Å². The van der Waals surface area contributed by atoms with Crippen LogP contribution >= 0.6 is 0 Å². The second-order valence-electron chi connectivity index (χ2n) is 6.32. The quantitative estimate of drug-likeness (QED) is 0.553. The number of aryl methyl sites for hydroxylation is 1. The van der Waals surface area contributed by atoms with Gasteiger partial charge in [0.15, 0.2) is 5.96 Å². The first kappa shape index (κ1) is 18.7. The average molecular weight is 336 g/mol. The van der Waals surface area contributed by atoms with Crippen molar-refractivity contribution in [3.05, 3.63) is 12.2 Å². The van der Waals surface area contributed by atoms with Crippen molar-refractivity contribution in [3.8, 4) is 0 Å². The maximum absolute atomic E-state index is 4.72. The van der Waals surface area contributed by atoms with Crippen LogP contribution in [-0.2, 0) is 13.0 Å². The molecule has 0 unspecified atom stereocenters. The average Bonchev–Trinajstić information content (AvgIpc) is 3.04. The van der Waals surface area contributed by atoms with Gasteiger partial charge in [0, 0.05) is 38.6 Å². The SMILES string of the molecule is CCCN1CCC(NC(=NCCn2cnnc2CC)NCC)CC1. The number of rotatable bonds is 8. The third-order valence-electron chi connectivity index (χ3n) is 4.44. The van der Waals surface area contributed by atoms with E-state index < -0.39 is 0 Å². The van der Waals surface area contributed by atoms with E-state index in [0.717, 1.165) is 37.8 Å². The summed E-state index contributed by atoms with van der Waals surface area (Å²) in [5.74, 6) is 1.95. The predicted octanol–water partition coefficient (Wildman–Crippen LogP) is 1.27. The van der Waals surface area contributed by atoms with Crippen LogP contribution in [0.4, 0.5) is 0 Å². The monoisotopic (exact) mass is 335 g/mol. The molecule has 136 valence electrons. The fraction of sp³-hybridized carbons (Fsp3) is 0.824. The summed E-state index contributed by atoms with van der Waals surface area (Å²) in [6.45, 7) is 12.5. The summed E-state index contributed by atoms with van der Waals surface area (Å²) in [6.07, 6.45) is 6.31. The maximum Gasteiger partial charge on any atom is 0.191 e. The number of aromatic nitrogens is 3. The van der Waals surface area contributed by atoms with Gasteiger partial charge in [-0.1, -0.05) is 13.8 Å². The Balaban J connectivity index is 1.80. The second kappa shape index (κ2) is 10.3. The van der Waals surface area contributed by atoms with E-state index in [2.05, 4.69) is 51.1 Å². The Hall–Kier alpha value is -1.63. The smallest absolute Gasteiger partial charge is 0.191 e. The highest BCUT2D eigenvalue weighted by atomic mass is 15.3. The molecule has 0 spiro atoms. The van der Waals surface area contributed by atoms with E-state index in [1.165, 1.54) is 38.9 Å². The van der Waals surface area contributed by atoms with Crippen molar-refractivity contribution in [3.63, 3.8) is 0 Å². The van der Waals surface area contributed by atoms with E-state index in [9.17, 15) is 0 Å². The Bertz CT molecular complexity index is 489. The van der Waals surface area contributed by atoms with Gasteiger partial charge in [-0.15, -0.1) is 10.2 Å². The van der Waals surface area contributed by atoms with Gasteiger partial charge in [0.25, 0.3) is 0 Å². The van der Waals surface area contributed by atoms with Crippen LogP contribution in [-0.4, -0.2) is 64.4 Å². The van der Waals surface area contributed by atoms with Crippen molar-refractivity contribution in [2.75, 3.05) is 32.7 Å². The minimum Gasteiger partial charge on any atom is -0.357 e. The Labute approximate surface area is 145 Å². The first-order chi connectivity index (χ1) is 11.8. The molecule has 1 aliphatic rings. The van der Waals surface area contributed by atoms with Gasteiger partial charge < -0.3 is 20.1 Å². The largest absolute Gasteiger partial charge is 0.357 e. The van der Waals surface area contributed by atoms with Crippen LogP contribution in [0.25, 0.3) is 0 Å². The standard InChI is InChI=1S/C17H33N7/c1-4-10-23-11-7-15(8-12-23)21-17(18-6-3)19-9-13-24-14-20-22-16(24)5-2/h14-15H,4-13H2,1-3H3,(H2,18,19,21). The highest BCUT2D eigenvalue weighted by molar-refractivity contribution is 5.80. The molecule has 0 atom stereocenters. The van der Waals surface area contributed by atoms with Gasteiger partial charge in [-0.3, -0.25) is 4.99 Å². The fourth-order valence-corrected chi connectivity index (χ4v) is 3.14. The molecule has 1 aromatic rings. The summed E-state index contributed by atoms with van der Waals surface area (Å²) in [6, 6.07) is 0.525. The third-order valence-corrected chi connectivity index (χ3v) is 4.44. The van der Waals surface area contributed by atoms with Crippen molar-refractivity contribution in [2.45, 2.75) is 59.0 Å². The number of hydrogen-bond donors (Lipinski definition) is 2. The van der Waals surface area contributed by atoms with E-state index in [4.69, 9.17) is 4.99 Å². The van der Waals surface area contributed by atoms with Gasteiger partial charge in [0.1, 0.15) is 12.2 Å². The summed E-state index contributed by atoms with van der Waals surface area (Å²) in [4.78, 5) is 7.27. The molecule has 1 aliphatic heterocycles. The minimum atomic E-state index is 0.525. The number of nitrogens with zero attached hydrogens (tertiary/aromatic N) is 5. The predicted molar refractivity (Wildman–Crippen MR) is 98.3 cm³/mol. The molecule has 2 heterocycles. The lowest BCUT2D eigenvalue weighted by molar-refractivity contribution is 0.206. The zero-order valence-corrected chi connectivity index (χ0v) is 15.5. The summed E-state index contributed by atoms with van der Waals surface area (Å²) in [7, 11) is 0. The fourth-order valence-electron chi connectivity index (χ4n) is 3.14. The van der Waals surface area contributed by atoms with Crippen LogP contribution in [0.5, 0.6) is 0 Å². The number of likely N-dealkylation sites (tertiary alicyclic amines) is 1. The van der Waals surface area contributed by atoms with Crippen molar-refractivity contribution < 1.29 is 0 Å². The van der Waals surface area contributed by atoms with E-state index in [1.54, 1.807) is 6.33 Å². The van der Waals surface area contributed by atoms with E-state index in [1.807, 2.05) is 0 Å². The molecule has 0 saturated carbocycles. The molecule has 0 radical (unpaired) electrons. The number of hydrogen-bond acceptors (Lipinski definition) is 4. The first-order valence-electron chi connectivity index (χ1n) is 9.40. The van der Waals surface area contributed by atoms with E-state index in [-0.39, 0.29) is 0 Å². The van der Waals surface area contributed by atoms with Crippen molar-refractivity contribution in [2.24, 2.45) is 4.99 Å². The van der Waals surface area contributed by atoms with Crippen molar-refractivity contribution in [1.29, 1.82) is 0 Å². The molecule has 24 heavy (non-hydrogen) atoms. The molecular weight excluding hydrogens is 302 g/mol. The van der Waals surface area contributed by atoms with Gasteiger partial charge >= 0.3 is 0 Å². The zero-order chi connectivity index (χ0) is 17.2. The zero-order valence-electron chi connectivity index (χ0n) is 15.5. The number of nitrogens with one attached hydrogen (secondary N) is 2. The molecule has 1 fully saturated rings. The van der Waals surface area contributed by atoms with Gasteiger partial charge in [-0.25, -0.2) is 0 Å². The normalized spacial score (nSPS) is 17.2. The van der Waals surface area contributed by atoms with Crippen molar-refractivity contribution >= 4 is 5.96 Å². The molecule has 1 aromatic heterocycles. The molecule has 7 heteroatoms. The lowest BCUT2D eigenvalue weighted by atomic mass is 10.1. The molecule has 2 rings (SSSR count). The second-order valence-corrected chi connectivity index (χ2v) is 6.32. The van der Waals surface area contributed by atoms with Crippen molar-refractivity contribution in [1.82, 2.24) is 30.3 Å². The summed E-state index contributed by atoms with van der Waals surface area (Å²) < 4.78 is 2.08. The first-order valence-corrected chi connectivity index (χ1v) is 9.40. The van der Waals surface area contributed by atoms with E-state index in [0.29, 0.717) is 6.04 Å². The van der Waals surface area contributed by atoms with Gasteiger partial charge in [-0.2, -0.15) is 0 Å². The number of guanidine groups is 1. The third kappa shape index (κ3) is 5.78. The Morgan fingerprint density at radius 1 is 1.25 bits per heavy atom. The molecule has 7 nitrogen and oxygen atoms in total. The van der Waals surface area contributed by atoms with Gasteiger partial charge in [-0.05, 0) is 32.7 Å².